The SMILES string of the molecule is O=C(COCc1ccc(F)cc1)NCCCOc1cccc(CN2CCc3ccccc3C2)c1. The maximum absolute atomic E-state index is 12.9. The van der Waals surface area contributed by atoms with Crippen LogP contribution in [-0.4, -0.2) is 37.1 Å². The van der Waals surface area contributed by atoms with Crippen LogP contribution in [0.3, 0.4) is 0 Å². The van der Waals surface area contributed by atoms with E-state index in [4.69, 9.17) is 9.47 Å². The fraction of sp³-hybridized carbons (Fsp3) is 0.321. The Labute approximate surface area is 200 Å². The van der Waals surface area contributed by atoms with Crippen molar-refractivity contribution in [3.8, 4) is 5.75 Å². The monoisotopic (exact) mass is 462 g/mol. The zero-order valence-electron chi connectivity index (χ0n) is 19.3. The molecule has 0 unspecified atom stereocenters. The van der Waals surface area contributed by atoms with Crippen molar-refractivity contribution in [2.24, 2.45) is 0 Å². The molecule has 1 aliphatic rings. The van der Waals surface area contributed by atoms with Gasteiger partial charge in [0.25, 0.3) is 0 Å². The molecule has 0 aliphatic carbocycles. The van der Waals surface area contributed by atoms with Gasteiger partial charge in [0.05, 0.1) is 13.2 Å². The quantitative estimate of drug-likeness (QED) is 0.427. The van der Waals surface area contributed by atoms with Crippen molar-refractivity contribution < 1.29 is 18.7 Å². The molecule has 0 aromatic heterocycles. The number of rotatable bonds is 11. The molecule has 0 spiro atoms. The first-order chi connectivity index (χ1) is 16.7. The molecule has 0 saturated heterocycles. The number of fused-ring (bicyclic) bond motifs is 1. The van der Waals surface area contributed by atoms with Gasteiger partial charge >= 0.3 is 0 Å². The van der Waals surface area contributed by atoms with E-state index in [1.165, 1.54) is 28.8 Å². The van der Waals surface area contributed by atoms with Crippen LogP contribution in [0.25, 0.3) is 0 Å². The molecule has 1 amide bonds. The molecule has 0 fully saturated rings. The molecule has 6 heteroatoms. The molecule has 5 nitrogen and oxygen atoms in total. The van der Waals surface area contributed by atoms with Crippen LogP contribution in [0.1, 0.15) is 28.7 Å². The number of carbonyl (C=O) groups excluding carboxylic acids is 1. The van der Waals surface area contributed by atoms with E-state index < -0.39 is 0 Å². The highest BCUT2D eigenvalue weighted by Gasteiger charge is 2.15. The van der Waals surface area contributed by atoms with Gasteiger partial charge in [0, 0.05) is 26.2 Å². The third-order valence-corrected chi connectivity index (χ3v) is 5.84. The van der Waals surface area contributed by atoms with Crippen molar-refractivity contribution in [1.29, 1.82) is 0 Å². The molecule has 0 saturated carbocycles. The molecule has 178 valence electrons. The van der Waals surface area contributed by atoms with E-state index >= 15 is 0 Å². The summed E-state index contributed by atoms with van der Waals surface area (Å²) < 4.78 is 24.2. The molecule has 34 heavy (non-hydrogen) atoms. The van der Waals surface area contributed by atoms with Gasteiger partial charge in [-0.05, 0) is 59.4 Å². The highest BCUT2D eigenvalue weighted by molar-refractivity contribution is 5.77. The highest BCUT2D eigenvalue weighted by Crippen LogP contribution is 2.21. The third-order valence-electron chi connectivity index (χ3n) is 5.84. The summed E-state index contributed by atoms with van der Waals surface area (Å²) in [4.78, 5) is 14.4. The first-order valence-corrected chi connectivity index (χ1v) is 11.8. The van der Waals surface area contributed by atoms with E-state index in [1.54, 1.807) is 12.1 Å². The average Bonchev–Trinajstić information content (AvgIpc) is 2.85. The van der Waals surface area contributed by atoms with E-state index in [2.05, 4.69) is 46.6 Å². The molecular weight excluding hydrogens is 431 g/mol. The zero-order chi connectivity index (χ0) is 23.6. The number of benzene rings is 3. The predicted molar refractivity (Wildman–Crippen MR) is 130 cm³/mol. The lowest BCUT2D eigenvalue weighted by Gasteiger charge is -2.28. The van der Waals surface area contributed by atoms with Gasteiger partial charge in [0.1, 0.15) is 18.2 Å². The number of nitrogens with zero attached hydrogens (tertiary/aromatic N) is 1. The molecular formula is C28H31FN2O3. The van der Waals surface area contributed by atoms with Crippen LogP contribution in [-0.2, 0) is 35.6 Å². The fourth-order valence-electron chi connectivity index (χ4n) is 4.06. The van der Waals surface area contributed by atoms with Gasteiger partial charge in [0.2, 0.25) is 5.91 Å². The van der Waals surface area contributed by atoms with Gasteiger partial charge in [-0.15, -0.1) is 0 Å². The molecule has 1 heterocycles. The van der Waals surface area contributed by atoms with Crippen LogP contribution in [0, 0.1) is 5.82 Å². The van der Waals surface area contributed by atoms with Crippen LogP contribution in [0.4, 0.5) is 4.39 Å². The Morgan fingerprint density at radius 1 is 0.971 bits per heavy atom. The Hall–Kier alpha value is -3.22. The Morgan fingerprint density at radius 3 is 2.65 bits per heavy atom. The zero-order valence-corrected chi connectivity index (χ0v) is 19.3. The number of hydrogen-bond acceptors (Lipinski definition) is 4. The molecule has 1 aliphatic heterocycles. The molecule has 3 aromatic rings. The van der Waals surface area contributed by atoms with Crippen molar-refractivity contribution in [2.45, 2.75) is 32.5 Å². The van der Waals surface area contributed by atoms with Crippen LogP contribution < -0.4 is 10.1 Å². The Balaban J connectivity index is 1.11. The van der Waals surface area contributed by atoms with E-state index in [-0.39, 0.29) is 24.9 Å². The minimum Gasteiger partial charge on any atom is -0.494 e. The second-order valence-electron chi connectivity index (χ2n) is 8.55. The molecule has 3 aromatic carbocycles. The Kier molecular flexibility index (Phi) is 8.65. The topological polar surface area (TPSA) is 50.8 Å². The van der Waals surface area contributed by atoms with Crippen LogP contribution in [0.2, 0.25) is 0 Å². The maximum Gasteiger partial charge on any atom is 0.246 e. The third kappa shape index (κ3) is 7.40. The summed E-state index contributed by atoms with van der Waals surface area (Å²) in [5.41, 5.74) is 4.95. The number of halogens is 1. The predicted octanol–water partition coefficient (Wildman–Crippen LogP) is 4.49. The summed E-state index contributed by atoms with van der Waals surface area (Å²) in [6.07, 6.45) is 1.80. The summed E-state index contributed by atoms with van der Waals surface area (Å²) in [6.45, 7) is 4.24. The number of ether oxygens (including phenoxy) is 2. The second-order valence-corrected chi connectivity index (χ2v) is 8.55. The number of carbonyl (C=O) groups is 1. The molecule has 4 rings (SSSR count). The largest absolute Gasteiger partial charge is 0.494 e. The molecule has 0 bridgehead atoms. The van der Waals surface area contributed by atoms with Gasteiger partial charge < -0.3 is 14.8 Å². The van der Waals surface area contributed by atoms with Crippen molar-refractivity contribution in [3.63, 3.8) is 0 Å². The molecule has 1 N–H and O–H groups in total. The average molecular weight is 463 g/mol. The van der Waals surface area contributed by atoms with Crippen LogP contribution in [0.5, 0.6) is 5.75 Å². The van der Waals surface area contributed by atoms with Gasteiger partial charge in [-0.3, -0.25) is 9.69 Å². The van der Waals surface area contributed by atoms with Crippen molar-refractivity contribution in [1.82, 2.24) is 10.2 Å². The molecule has 0 atom stereocenters. The minimum atomic E-state index is -0.288. The summed E-state index contributed by atoms with van der Waals surface area (Å²) in [5, 5.41) is 2.83. The minimum absolute atomic E-state index is 0.0265. The van der Waals surface area contributed by atoms with Crippen LogP contribution in [0.15, 0.2) is 72.8 Å². The van der Waals surface area contributed by atoms with Crippen molar-refractivity contribution in [2.75, 3.05) is 26.3 Å². The second kappa shape index (κ2) is 12.3. The Bertz CT molecular complexity index is 1070. The van der Waals surface area contributed by atoms with E-state index in [0.717, 1.165) is 37.4 Å². The highest BCUT2D eigenvalue weighted by atomic mass is 19.1. The van der Waals surface area contributed by atoms with E-state index in [9.17, 15) is 9.18 Å². The number of amides is 1. The lowest BCUT2D eigenvalue weighted by molar-refractivity contribution is -0.126. The van der Waals surface area contributed by atoms with E-state index in [0.29, 0.717) is 19.6 Å². The van der Waals surface area contributed by atoms with E-state index in [1.807, 2.05) is 12.1 Å². The van der Waals surface area contributed by atoms with Crippen molar-refractivity contribution in [3.05, 3.63) is 101 Å². The van der Waals surface area contributed by atoms with Crippen LogP contribution >= 0.6 is 0 Å². The standard InChI is InChI=1S/C28H31FN2O3/c29-26-11-9-22(10-12-26)20-33-21-28(32)30-14-4-16-34-27-8-3-5-23(17-27)18-31-15-13-24-6-1-2-7-25(24)19-31/h1-3,5-12,17H,4,13-16,18-21H2,(H,30,32). The Morgan fingerprint density at radius 2 is 1.79 bits per heavy atom. The smallest absolute Gasteiger partial charge is 0.246 e. The lowest BCUT2D eigenvalue weighted by atomic mass is 9.99. The lowest BCUT2D eigenvalue weighted by Crippen LogP contribution is -2.30. The molecule has 0 radical (unpaired) electrons. The first kappa shape index (κ1) is 23.9. The summed E-state index contributed by atoms with van der Waals surface area (Å²) in [6, 6.07) is 23.0. The fourth-order valence-corrected chi connectivity index (χ4v) is 4.06. The first-order valence-electron chi connectivity index (χ1n) is 11.8. The number of nitrogens with one attached hydrogen (secondary N) is 1. The van der Waals surface area contributed by atoms with Crippen molar-refractivity contribution >= 4 is 5.91 Å². The normalized spacial score (nSPS) is 13.3. The number of hydrogen-bond donors (Lipinski definition) is 1. The van der Waals surface area contributed by atoms with Gasteiger partial charge in [0.15, 0.2) is 0 Å². The van der Waals surface area contributed by atoms with Gasteiger partial charge in [-0.1, -0.05) is 48.5 Å². The maximum atomic E-state index is 12.9. The summed E-state index contributed by atoms with van der Waals surface area (Å²) in [7, 11) is 0. The summed E-state index contributed by atoms with van der Waals surface area (Å²) >= 11 is 0. The van der Waals surface area contributed by atoms with Gasteiger partial charge in [-0.25, -0.2) is 4.39 Å². The van der Waals surface area contributed by atoms with Gasteiger partial charge in [-0.2, -0.15) is 0 Å². The summed E-state index contributed by atoms with van der Waals surface area (Å²) in [5.74, 6) is 0.389.